The molecular formula is C15H18N4O2. The number of nitrogens with zero attached hydrogens (tertiary/aromatic N) is 4. The van der Waals surface area contributed by atoms with E-state index in [0.29, 0.717) is 23.8 Å². The Labute approximate surface area is 123 Å². The van der Waals surface area contributed by atoms with E-state index >= 15 is 0 Å². The lowest BCUT2D eigenvalue weighted by Crippen LogP contribution is -2.12. The van der Waals surface area contributed by atoms with Crippen molar-refractivity contribution >= 4 is 0 Å². The molecule has 0 radical (unpaired) electrons. The van der Waals surface area contributed by atoms with Gasteiger partial charge in [-0.15, -0.1) is 0 Å². The van der Waals surface area contributed by atoms with Gasteiger partial charge in [0, 0.05) is 18.3 Å². The van der Waals surface area contributed by atoms with E-state index in [1.807, 2.05) is 4.68 Å². The quantitative estimate of drug-likeness (QED) is 0.837. The predicted octanol–water partition coefficient (Wildman–Crippen LogP) is 1.25. The minimum atomic E-state index is -0.177. The molecule has 0 aromatic carbocycles. The first kappa shape index (κ1) is 15.0. The molecule has 0 aliphatic heterocycles. The molecule has 0 unspecified atom stereocenters. The van der Waals surface area contributed by atoms with Gasteiger partial charge in [-0.2, -0.15) is 5.10 Å². The number of rotatable bonds is 5. The van der Waals surface area contributed by atoms with Gasteiger partial charge in [-0.05, 0) is 12.0 Å². The van der Waals surface area contributed by atoms with Crippen molar-refractivity contribution in [3.63, 3.8) is 0 Å². The van der Waals surface area contributed by atoms with Crippen molar-refractivity contribution in [2.45, 2.75) is 27.0 Å². The molecule has 6 nitrogen and oxygen atoms in total. The summed E-state index contributed by atoms with van der Waals surface area (Å²) >= 11 is 0. The van der Waals surface area contributed by atoms with Crippen molar-refractivity contribution in [3.8, 4) is 17.6 Å². The number of hydrogen-bond donors (Lipinski definition) is 1. The highest BCUT2D eigenvalue weighted by Gasteiger charge is 2.07. The summed E-state index contributed by atoms with van der Waals surface area (Å²) in [6.07, 6.45) is 4.77. The van der Waals surface area contributed by atoms with Gasteiger partial charge in [0.2, 0.25) is 0 Å². The second kappa shape index (κ2) is 7.41. The first-order valence-electron chi connectivity index (χ1n) is 6.73. The molecule has 21 heavy (non-hydrogen) atoms. The molecule has 0 aliphatic rings. The van der Waals surface area contributed by atoms with Crippen LogP contribution in [0, 0.1) is 17.8 Å². The van der Waals surface area contributed by atoms with E-state index in [9.17, 15) is 0 Å². The van der Waals surface area contributed by atoms with Crippen molar-refractivity contribution in [2.75, 3.05) is 6.61 Å². The van der Waals surface area contributed by atoms with Crippen LogP contribution < -0.4 is 4.74 Å². The van der Waals surface area contributed by atoms with Crippen molar-refractivity contribution in [1.82, 2.24) is 19.7 Å². The van der Waals surface area contributed by atoms with Crippen LogP contribution in [0.2, 0.25) is 0 Å². The van der Waals surface area contributed by atoms with E-state index in [2.05, 4.69) is 40.8 Å². The second-order valence-electron chi connectivity index (χ2n) is 4.91. The molecule has 0 bridgehead atoms. The Bertz CT molecular complexity index is 640. The maximum Gasteiger partial charge on any atom is 0.164 e. The fraction of sp³-hybridized carbons (Fsp3) is 0.400. The van der Waals surface area contributed by atoms with Crippen LogP contribution in [0.1, 0.15) is 25.2 Å². The van der Waals surface area contributed by atoms with Crippen LogP contribution in [0.3, 0.4) is 0 Å². The van der Waals surface area contributed by atoms with Crippen LogP contribution in [-0.2, 0) is 13.2 Å². The lowest BCUT2D eigenvalue weighted by molar-refractivity contribution is 0.281. The van der Waals surface area contributed by atoms with Gasteiger partial charge in [-0.25, -0.2) is 9.67 Å². The molecule has 2 rings (SSSR count). The van der Waals surface area contributed by atoms with Gasteiger partial charge in [0.15, 0.2) is 5.82 Å². The average molecular weight is 286 g/mol. The Morgan fingerprint density at radius 2 is 2.24 bits per heavy atom. The molecule has 0 saturated carbocycles. The van der Waals surface area contributed by atoms with Crippen LogP contribution in [0.4, 0.5) is 0 Å². The number of ether oxygens (including phenoxy) is 1. The van der Waals surface area contributed by atoms with Crippen molar-refractivity contribution in [1.29, 1.82) is 0 Å². The van der Waals surface area contributed by atoms with Gasteiger partial charge in [-0.1, -0.05) is 25.7 Å². The Kier molecular flexibility index (Phi) is 5.29. The first-order valence-corrected chi connectivity index (χ1v) is 6.73. The maximum absolute atomic E-state index is 8.68. The van der Waals surface area contributed by atoms with E-state index in [0.717, 1.165) is 12.4 Å². The van der Waals surface area contributed by atoms with Gasteiger partial charge >= 0.3 is 0 Å². The summed E-state index contributed by atoms with van der Waals surface area (Å²) < 4.78 is 7.52. The fourth-order valence-electron chi connectivity index (χ4n) is 1.75. The van der Waals surface area contributed by atoms with E-state index < -0.39 is 0 Å². The predicted molar refractivity (Wildman–Crippen MR) is 77.4 cm³/mol. The zero-order valence-corrected chi connectivity index (χ0v) is 12.2. The highest BCUT2D eigenvalue weighted by Crippen LogP contribution is 2.12. The second-order valence-corrected chi connectivity index (χ2v) is 4.91. The van der Waals surface area contributed by atoms with Gasteiger partial charge < -0.3 is 9.84 Å². The largest absolute Gasteiger partial charge is 0.484 e. The zero-order chi connectivity index (χ0) is 15.1. The summed E-state index contributed by atoms with van der Waals surface area (Å²) in [5.74, 6) is 7.24. The van der Waals surface area contributed by atoms with Crippen molar-refractivity contribution < 1.29 is 9.84 Å². The normalized spacial score (nSPS) is 10.3. The summed E-state index contributed by atoms with van der Waals surface area (Å²) in [5.41, 5.74) is 0.699. The van der Waals surface area contributed by atoms with Crippen LogP contribution >= 0.6 is 0 Å². The molecule has 2 heterocycles. The lowest BCUT2D eigenvalue weighted by atomic mass is 10.2. The number of aliphatic hydroxyl groups excluding tert-OH is 1. The number of aromatic nitrogens is 4. The van der Waals surface area contributed by atoms with E-state index in [1.165, 1.54) is 6.33 Å². The van der Waals surface area contributed by atoms with Gasteiger partial charge in [0.05, 0.1) is 6.20 Å². The minimum Gasteiger partial charge on any atom is -0.484 e. The third kappa shape index (κ3) is 4.58. The Balaban J connectivity index is 2.01. The summed E-state index contributed by atoms with van der Waals surface area (Å²) in [7, 11) is 0. The molecule has 6 heteroatoms. The Morgan fingerprint density at radius 1 is 1.38 bits per heavy atom. The summed E-state index contributed by atoms with van der Waals surface area (Å²) in [6, 6.07) is 1.78. The number of aliphatic hydroxyl groups is 1. The minimum absolute atomic E-state index is 0.177. The van der Waals surface area contributed by atoms with E-state index in [-0.39, 0.29) is 6.61 Å². The standard InChI is InChI=1S/C15H18N4O2/c1-12(2)9-19-15(17-11-18-19)10-21-14-6-13(4-3-5-20)7-16-8-14/h6-8,11-12,20H,5,9-10H2,1-2H3. The third-order valence-electron chi connectivity index (χ3n) is 2.63. The summed E-state index contributed by atoms with van der Waals surface area (Å²) in [5, 5.41) is 12.9. The molecule has 2 aromatic heterocycles. The Hall–Kier alpha value is -2.39. The van der Waals surface area contributed by atoms with Crippen LogP contribution in [-0.4, -0.2) is 31.5 Å². The molecule has 2 aromatic rings. The molecule has 1 N–H and O–H groups in total. The van der Waals surface area contributed by atoms with Gasteiger partial charge in [-0.3, -0.25) is 4.98 Å². The van der Waals surface area contributed by atoms with Crippen molar-refractivity contribution in [3.05, 3.63) is 36.2 Å². The van der Waals surface area contributed by atoms with E-state index in [1.54, 1.807) is 18.5 Å². The summed E-state index contributed by atoms with van der Waals surface area (Å²) in [4.78, 5) is 8.26. The van der Waals surface area contributed by atoms with Crippen molar-refractivity contribution in [2.24, 2.45) is 5.92 Å². The third-order valence-corrected chi connectivity index (χ3v) is 2.63. The first-order chi connectivity index (χ1) is 10.2. The Morgan fingerprint density at radius 3 is 3.00 bits per heavy atom. The number of pyridine rings is 1. The van der Waals surface area contributed by atoms with Crippen LogP contribution in [0.25, 0.3) is 0 Å². The number of hydrogen-bond acceptors (Lipinski definition) is 5. The molecule has 110 valence electrons. The highest BCUT2D eigenvalue weighted by molar-refractivity contribution is 5.36. The molecular weight excluding hydrogens is 268 g/mol. The summed E-state index contributed by atoms with van der Waals surface area (Å²) in [6.45, 7) is 5.20. The van der Waals surface area contributed by atoms with Gasteiger partial charge in [0.25, 0.3) is 0 Å². The highest BCUT2D eigenvalue weighted by atomic mass is 16.5. The molecule has 0 fully saturated rings. The fourth-order valence-corrected chi connectivity index (χ4v) is 1.75. The lowest BCUT2D eigenvalue weighted by Gasteiger charge is -2.09. The molecule has 0 atom stereocenters. The molecule has 0 amide bonds. The molecule has 0 aliphatic carbocycles. The van der Waals surface area contributed by atoms with E-state index in [4.69, 9.17) is 9.84 Å². The monoisotopic (exact) mass is 286 g/mol. The topological polar surface area (TPSA) is 73.1 Å². The smallest absolute Gasteiger partial charge is 0.164 e. The van der Waals surface area contributed by atoms with Crippen LogP contribution in [0.5, 0.6) is 5.75 Å². The van der Waals surface area contributed by atoms with Crippen LogP contribution in [0.15, 0.2) is 24.8 Å². The zero-order valence-electron chi connectivity index (χ0n) is 12.2. The molecule has 0 spiro atoms. The maximum atomic E-state index is 8.68. The SMILES string of the molecule is CC(C)Cn1ncnc1COc1cncc(C#CCO)c1. The average Bonchev–Trinajstić information content (AvgIpc) is 2.90. The van der Waals surface area contributed by atoms with Gasteiger partial charge in [0.1, 0.15) is 25.3 Å². The molecule has 0 saturated heterocycles.